The smallest absolute Gasteiger partial charge is 0.337 e. The Balaban J connectivity index is 1.80. The summed E-state index contributed by atoms with van der Waals surface area (Å²) >= 11 is 0. The predicted molar refractivity (Wildman–Crippen MR) is 94.3 cm³/mol. The second kappa shape index (κ2) is 6.93. The van der Waals surface area contributed by atoms with Crippen molar-refractivity contribution in [2.45, 2.75) is 6.18 Å². The van der Waals surface area contributed by atoms with Gasteiger partial charge in [-0.1, -0.05) is 0 Å². The van der Waals surface area contributed by atoms with Gasteiger partial charge >= 0.3 is 6.18 Å². The minimum atomic E-state index is -4.72. The van der Waals surface area contributed by atoms with Crippen LogP contribution in [0.1, 0.15) is 15.9 Å². The van der Waals surface area contributed by atoms with Crippen molar-refractivity contribution in [1.29, 1.82) is 0 Å². The van der Waals surface area contributed by atoms with E-state index in [1.165, 1.54) is 24.7 Å². The molecule has 146 valence electrons. The number of fused-ring (bicyclic) bond motifs is 1. The zero-order valence-electron chi connectivity index (χ0n) is 14.3. The van der Waals surface area contributed by atoms with Gasteiger partial charge in [-0.2, -0.15) is 18.3 Å². The van der Waals surface area contributed by atoms with Crippen molar-refractivity contribution in [3.63, 3.8) is 0 Å². The predicted octanol–water partition coefficient (Wildman–Crippen LogP) is 3.83. The SMILES string of the molecule is O=C(Nc1cccnn1)c1cncc2[nH]c(-c3cc(F)ccc3C(F)(F)F)nc12. The molecule has 0 atom stereocenters. The third-order valence-electron chi connectivity index (χ3n) is 3.99. The summed E-state index contributed by atoms with van der Waals surface area (Å²) in [6.45, 7) is 0. The molecule has 0 saturated heterocycles. The largest absolute Gasteiger partial charge is 0.417 e. The Hall–Kier alpha value is -3.89. The van der Waals surface area contributed by atoms with Crippen molar-refractivity contribution in [3.05, 3.63) is 65.9 Å². The number of nitrogens with one attached hydrogen (secondary N) is 2. The Morgan fingerprint density at radius 2 is 1.97 bits per heavy atom. The molecule has 0 aliphatic carbocycles. The quantitative estimate of drug-likeness (QED) is 0.508. The molecule has 0 aliphatic rings. The van der Waals surface area contributed by atoms with Gasteiger partial charge in [0.2, 0.25) is 0 Å². The fraction of sp³-hybridized carbons (Fsp3) is 0.0556. The van der Waals surface area contributed by atoms with Crippen molar-refractivity contribution in [3.8, 4) is 11.4 Å². The van der Waals surface area contributed by atoms with Gasteiger partial charge in [-0.3, -0.25) is 9.78 Å². The number of pyridine rings is 1. The van der Waals surface area contributed by atoms with E-state index in [4.69, 9.17) is 0 Å². The van der Waals surface area contributed by atoms with E-state index in [2.05, 4.69) is 30.5 Å². The van der Waals surface area contributed by atoms with Crippen LogP contribution in [0.15, 0.2) is 48.9 Å². The summed E-state index contributed by atoms with van der Waals surface area (Å²) < 4.78 is 53.6. The second-order valence-electron chi connectivity index (χ2n) is 5.92. The number of amides is 1. The highest BCUT2D eigenvalue weighted by atomic mass is 19.4. The summed E-state index contributed by atoms with van der Waals surface area (Å²) in [7, 11) is 0. The number of rotatable bonds is 3. The maximum atomic E-state index is 13.6. The average molecular weight is 402 g/mol. The van der Waals surface area contributed by atoms with E-state index in [1.54, 1.807) is 6.07 Å². The van der Waals surface area contributed by atoms with Crippen LogP contribution in [-0.4, -0.2) is 31.1 Å². The van der Waals surface area contributed by atoms with Gasteiger partial charge in [0.05, 0.1) is 22.8 Å². The number of halogens is 4. The first-order valence-electron chi connectivity index (χ1n) is 8.13. The number of alkyl halides is 3. The lowest BCUT2D eigenvalue weighted by Crippen LogP contribution is -2.14. The minimum absolute atomic E-state index is 0.000569. The van der Waals surface area contributed by atoms with Crippen LogP contribution in [0.4, 0.5) is 23.4 Å². The molecule has 0 aliphatic heterocycles. The highest BCUT2D eigenvalue weighted by molar-refractivity contribution is 6.11. The van der Waals surface area contributed by atoms with Crippen molar-refractivity contribution in [2.75, 3.05) is 5.32 Å². The van der Waals surface area contributed by atoms with Gasteiger partial charge in [-0.05, 0) is 30.3 Å². The van der Waals surface area contributed by atoms with Gasteiger partial charge in [-0.15, -0.1) is 5.10 Å². The van der Waals surface area contributed by atoms with E-state index in [9.17, 15) is 22.4 Å². The van der Waals surface area contributed by atoms with E-state index in [0.717, 1.165) is 12.1 Å². The maximum Gasteiger partial charge on any atom is 0.417 e. The molecule has 0 radical (unpaired) electrons. The number of H-pyrrole nitrogens is 1. The lowest BCUT2D eigenvalue weighted by atomic mass is 10.1. The van der Waals surface area contributed by atoms with Gasteiger partial charge in [0, 0.05) is 18.0 Å². The molecular formula is C18H10F4N6O. The van der Waals surface area contributed by atoms with Crippen LogP contribution >= 0.6 is 0 Å². The van der Waals surface area contributed by atoms with E-state index >= 15 is 0 Å². The first kappa shape index (κ1) is 18.5. The molecule has 0 unspecified atom stereocenters. The summed E-state index contributed by atoms with van der Waals surface area (Å²) in [5, 5.41) is 9.86. The van der Waals surface area contributed by atoms with Crippen molar-refractivity contribution < 1.29 is 22.4 Å². The van der Waals surface area contributed by atoms with Crippen LogP contribution in [0, 0.1) is 5.82 Å². The number of aromatic amines is 1. The molecule has 7 nitrogen and oxygen atoms in total. The third-order valence-corrected chi connectivity index (χ3v) is 3.99. The zero-order chi connectivity index (χ0) is 20.6. The molecule has 2 N–H and O–H groups in total. The molecule has 4 rings (SSSR count). The van der Waals surface area contributed by atoms with Crippen LogP contribution in [0.2, 0.25) is 0 Å². The number of hydrogen-bond acceptors (Lipinski definition) is 5. The lowest BCUT2D eigenvalue weighted by Gasteiger charge is -2.11. The first-order valence-corrected chi connectivity index (χ1v) is 8.13. The summed E-state index contributed by atoms with van der Waals surface area (Å²) in [4.78, 5) is 23.2. The van der Waals surface area contributed by atoms with E-state index in [0.29, 0.717) is 6.07 Å². The van der Waals surface area contributed by atoms with Gasteiger partial charge in [0.1, 0.15) is 17.2 Å². The average Bonchev–Trinajstić information content (AvgIpc) is 3.12. The number of benzene rings is 1. The molecule has 4 aromatic rings. The summed E-state index contributed by atoms with van der Waals surface area (Å²) in [5.41, 5.74) is -1.25. The summed E-state index contributed by atoms with van der Waals surface area (Å²) in [5.74, 6) is -1.55. The van der Waals surface area contributed by atoms with Gasteiger partial charge < -0.3 is 10.3 Å². The maximum absolute atomic E-state index is 13.6. The molecule has 0 bridgehead atoms. The number of carbonyl (C=O) groups is 1. The summed E-state index contributed by atoms with van der Waals surface area (Å²) in [6, 6.07) is 5.16. The molecule has 3 aromatic heterocycles. The van der Waals surface area contributed by atoms with Crippen LogP contribution < -0.4 is 5.32 Å². The molecule has 29 heavy (non-hydrogen) atoms. The summed E-state index contributed by atoms with van der Waals surface area (Å²) in [6.07, 6.45) is -0.770. The number of imidazole rings is 1. The number of nitrogens with zero attached hydrogens (tertiary/aromatic N) is 4. The molecule has 1 amide bonds. The van der Waals surface area contributed by atoms with E-state index < -0.39 is 29.0 Å². The second-order valence-corrected chi connectivity index (χ2v) is 5.92. The topological polar surface area (TPSA) is 96.5 Å². The first-order chi connectivity index (χ1) is 13.8. The lowest BCUT2D eigenvalue weighted by molar-refractivity contribution is -0.137. The third kappa shape index (κ3) is 3.61. The molecule has 0 spiro atoms. The molecular weight excluding hydrogens is 392 g/mol. The number of anilines is 1. The fourth-order valence-corrected chi connectivity index (χ4v) is 2.74. The Kier molecular flexibility index (Phi) is 4.41. The van der Waals surface area contributed by atoms with Crippen molar-refractivity contribution in [2.24, 2.45) is 0 Å². The normalized spacial score (nSPS) is 11.6. The van der Waals surface area contributed by atoms with Crippen LogP contribution in [0.25, 0.3) is 22.4 Å². The van der Waals surface area contributed by atoms with Gasteiger partial charge in [0.15, 0.2) is 5.82 Å². The molecule has 0 saturated carbocycles. The highest BCUT2D eigenvalue weighted by Crippen LogP contribution is 2.37. The van der Waals surface area contributed by atoms with Crippen molar-refractivity contribution >= 4 is 22.8 Å². The van der Waals surface area contributed by atoms with Crippen LogP contribution in [0.3, 0.4) is 0 Å². The van der Waals surface area contributed by atoms with E-state index in [-0.39, 0.29) is 28.2 Å². The Morgan fingerprint density at radius 1 is 1.14 bits per heavy atom. The van der Waals surface area contributed by atoms with Gasteiger partial charge in [-0.25, -0.2) is 9.37 Å². The fourth-order valence-electron chi connectivity index (χ4n) is 2.74. The monoisotopic (exact) mass is 402 g/mol. The Labute approximate surface area is 159 Å². The van der Waals surface area contributed by atoms with Crippen LogP contribution in [0.5, 0.6) is 0 Å². The number of aromatic nitrogens is 5. The highest BCUT2D eigenvalue weighted by Gasteiger charge is 2.34. The minimum Gasteiger partial charge on any atom is -0.337 e. The Bertz CT molecular complexity index is 1210. The Morgan fingerprint density at radius 3 is 2.69 bits per heavy atom. The zero-order valence-corrected chi connectivity index (χ0v) is 14.3. The molecule has 0 fully saturated rings. The molecule has 3 heterocycles. The number of carbonyl (C=O) groups excluding carboxylic acids is 1. The molecule has 1 aromatic carbocycles. The number of hydrogen-bond donors (Lipinski definition) is 2. The standard InChI is InChI=1S/C18H10F4N6O/c19-9-3-4-12(18(20,21)22)10(6-9)16-25-13-8-23-7-11(15(13)27-16)17(29)26-14-2-1-5-24-28-14/h1-8H,(H,25,27)(H,26,28,29). The van der Waals surface area contributed by atoms with Gasteiger partial charge in [0.25, 0.3) is 5.91 Å². The van der Waals surface area contributed by atoms with E-state index in [1.807, 2.05) is 0 Å². The molecule has 11 heteroatoms. The van der Waals surface area contributed by atoms with Crippen LogP contribution in [-0.2, 0) is 6.18 Å². The van der Waals surface area contributed by atoms with Crippen molar-refractivity contribution in [1.82, 2.24) is 25.1 Å².